The van der Waals surface area contributed by atoms with E-state index in [0.29, 0.717) is 19.8 Å². The van der Waals surface area contributed by atoms with Crippen LogP contribution < -0.4 is 15.4 Å². The predicted molar refractivity (Wildman–Crippen MR) is 134 cm³/mol. The lowest BCUT2D eigenvalue weighted by Crippen LogP contribution is -2.42. The summed E-state index contributed by atoms with van der Waals surface area (Å²) in [4.78, 5) is 7.47. The third-order valence-corrected chi connectivity index (χ3v) is 5.46. The lowest BCUT2D eigenvalue weighted by Gasteiger charge is -2.22. The molecule has 0 bridgehead atoms. The maximum absolute atomic E-state index is 5.90. The molecule has 0 aromatic heterocycles. The summed E-state index contributed by atoms with van der Waals surface area (Å²) in [6.07, 6.45) is 5.60. The second-order valence-corrected chi connectivity index (χ2v) is 8.24. The van der Waals surface area contributed by atoms with Gasteiger partial charge in [0.15, 0.2) is 5.96 Å². The van der Waals surface area contributed by atoms with Crippen molar-refractivity contribution >= 4 is 29.9 Å². The molecule has 1 aromatic carbocycles. The molecule has 170 valence electrons. The topological polar surface area (TPSA) is 58.1 Å². The molecule has 0 amide bonds. The summed E-state index contributed by atoms with van der Waals surface area (Å²) in [7, 11) is 1.69. The maximum atomic E-state index is 5.90. The Morgan fingerprint density at radius 2 is 1.97 bits per heavy atom. The van der Waals surface area contributed by atoms with Crippen molar-refractivity contribution in [2.45, 2.75) is 52.1 Å². The first-order valence-electron chi connectivity index (χ1n) is 11.2. The Morgan fingerprint density at radius 1 is 1.17 bits per heavy atom. The molecular weight excluding hydrogens is 491 g/mol. The van der Waals surface area contributed by atoms with Crippen LogP contribution in [-0.4, -0.2) is 63.4 Å². The summed E-state index contributed by atoms with van der Waals surface area (Å²) in [5.41, 5.74) is 2.28. The molecule has 7 heteroatoms. The molecule has 2 fully saturated rings. The molecule has 2 saturated carbocycles. The summed E-state index contributed by atoms with van der Waals surface area (Å²) in [5, 5.41) is 6.88. The monoisotopic (exact) mass is 530 g/mol. The number of benzene rings is 1. The fourth-order valence-electron chi connectivity index (χ4n) is 3.48. The van der Waals surface area contributed by atoms with Crippen LogP contribution in [0.3, 0.4) is 0 Å². The zero-order valence-corrected chi connectivity index (χ0v) is 21.1. The molecule has 0 heterocycles. The Morgan fingerprint density at radius 3 is 2.63 bits per heavy atom. The van der Waals surface area contributed by atoms with Gasteiger partial charge >= 0.3 is 0 Å². The third kappa shape index (κ3) is 8.98. The molecule has 30 heavy (non-hydrogen) atoms. The van der Waals surface area contributed by atoms with Crippen LogP contribution in [0.2, 0.25) is 0 Å². The summed E-state index contributed by atoms with van der Waals surface area (Å²) in [6, 6.07) is 7.12. The quantitative estimate of drug-likeness (QED) is 0.177. The molecule has 0 spiro atoms. The van der Waals surface area contributed by atoms with Gasteiger partial charge < -0.3 is 20.1 Å². The van der Waals surface area contributed by atoms with Crippen LogP contribution in [0, 0.1) is 12.8 Å². The number of hydrogen-bond donors (Lipinski definition) is 2. The standard InChI is InChI=1S/C23H38N4O2.HI/c1-4-24-23(25-11-12-27(21-9-10-21)17-19-6-7-19)26-16-20-8-5-18(2)15-22(20)29-14-13-28-3;/h5,8,15,19,21H,4,6-7,9-14,16-17H2,1-3H3,(H2,24,25,26);1H. The van der Waals surface area contributed by atoms with Crippen LogP contribution in [0.5, 0.6) is 5.75 Å². The number of guanidine groups is 1. The lowest BCUT2D eigenvalue weighted by atomic mass is 10.1. The molecule has 6 nitrogen and oxygen atoms in total. The first-order chi connectivity index (χ1) is 14.2. The highest BCUT2D eigenvalue weighted by molar-refractivity contribution is 14.0. The number of aryl methyl sites for hydroxylation is 1. The number of methoxy groups -OCH3 is 1. The number of hydrogen-bond acceptors (Lipinski definition) is 4. The van der Waals surface area contributed by atoms with E-state index in [0.717, 1.165) is 48.9 Å². The van der Waals surface area contributed by atoms with Gasteiger partial charge in [-0.1, -0.05) is 12.1 Å². The molecule has 2 N–H and O–H groups in total. The summed E-state index contributed by atoms with van der Waals surface area (Å²) in [6.45, 7) is 10.1. The van der Waals surface area contributed by atoms with E-state index in [9.17, 15) is 0 Å². The fourth-order valence-corrected chi connectivity index (χ4v) is 3.48. The molecule has 3 rings (SSSR count). The van der Waals surface area contributed by atoms with E-state index >= 15 is 0 Å². The first kappa shape index (κ1) is 25.2. The number of rotatable bonds is 13. The predicted octanol–water partition coefficient (Wildman–Crippen LogP) is 3.57. The van der Waals surface area contributed by atoms with Crippen LogP contribution >= 0.6 is 24.0 Å². The van der Waals surface area contributed by atoms with Crippen LogP contribution in [0.15, 0.2) is 23.2 Å². The minimum atomic E-state index is 0. The van der Waals surface area contributed by atoms with Gasteiger partial charge in [0.1, 0.15) is 12.4 Å². The Kier molecular flexibility index (Phi) is 11.2. The van der Waals surface area contributed by atoms with E-state index in [1.165, 1.54) is 37.8 Å². The Balaban J connectivity index is 0.00000320. The molecule has 0 saturated heterocycles. The van der Waals surface area contributed by atoms with Gasteiger partial charge in [-0.25, -0.2) is 4.99 Å². The largest absolute Gasteiger partial charge is 0.491 e. The molecule has 1 aromatic rings. The minimum absolute atomic E-state index is 0. The second kappa shape index (κ2) is 13.4. The number of nitrogens with one attached hydrogen (secondary N) is 2. The average molecular weight is 530 g/mol. The number of nitrogens with zero attached hydrogens (tertiary/aromatic N) is 2. The Bertz CT molecular complexity index is 663. The highest BCUT2D eigenvalue weighted by atomic mass is 127. The van der Waals surface area contributed by atoms with Gasteiger partial charge in [-0.2, -0.15) is 0 Å². The van der Waals surface area contributed by atoms with E-state index in [1.807, 2.05) is 0 Å². The molecule has 2 aliphatic carbocycles. The highest BCUT2D eigenvalue weighted by Gasteiger charge is 2.33. The zero-order valence-electron chi connectivity index (χ0n) is 18.8. The van der Waals surface area contributed by atoms with E-state index < -0.39 is 0 Å². The third-order valence-electron chi connectivity index (χ3n) is 5.46. The van der Waals surface area contributed by atoms with Gasteiger partial charge in [0.25, 0.3) is 0 Å². The van der Waals surface area contributed by atoms with E-state index in [4.69, 9.17) is 14.5 Å². The second-order valence-electron chi connectivity index (χ2n) is 8.24. The molecule has 0 aliphatic heterocycles. The molecule has 2 aliphatic rings. The van der Waals surface area contributed by atoms with Crippen molar-refractivity contribution in [3.05, 3.63) is 29.3 Å². The van der Waals surface area contributed by atoms with Gasteiger partial charge in [-0.15, -0.1) is 24.0 Å². The Labute approximate surface area is 199 Å². The van der Waals surface area contributed by atoms with Crippen molar-refractivity contribution in [1.29, 1.82) is 0 Å². The van der Waals surface area contributed by atoms with Crippen LogP contribution in [-0.2, 0) is 11.3 Å². The van der Waals surface area contributed by atoms with Crippen molar-refractivity contribution in [3.8, 4) is 5.75 Å². The van der Waals surface area contributed by atoms with Crippen molar-refractivity contribution in [1.82, 2.24) is 15.5 Å². The van der Waals surface area contributed by atoms with Gasteiger partial charge in [-0.3, -0.25) is 4.90 Å². The number of ether oxygens (including phenoxy) is 2. The van der Waals surface area contributed by atoms with Crippen molar-refractivity contribution in [2.75, 3.05) is 46.5 Å². The summed E-state index contributed by atoms with van der Waals surface area (Å²) < 4.78 is 11.0. The smallest absolute Gasteiger partial charge is 0.191 e. The lowest BCUT2D eigenvalue weighted by molar-refractivity contribution is 0.145. The van der Waals surface area contributed by atoms with Crippen LogP contribution in [0.4, 0.5) is 0 Å². The van der Waals surface area contributed by atoms with Gasteiger partial charge in [0.2, 0.25) is 0 Å². The molecule has 0 atom stereocenters. The zero-order chi connectivity index (χ0) is 20.5. The Hall–Kier alpha value is -1.06. The summed E-state index contributed by atoms with van der Waals surface area (Å²) >= 11 is 0. The average Bonchev–Trinajstić information content (AvgIpc) is 3.61. The van der Waals surface area contributed by atoms with Crippen molar-refractivity contribution in [3.63, 3.8) is 0 Å². The number of halogens is 1. The SMILES string of the molecule is CCNC(=NCc1ccc(C)cc1OCCOC)NCCN(CC1CC1)C1CC1.I. The van der Waals surface area contributed by atoms with Crippen LogP contribution in [0.25, 0.3) is 0 Å². The molecule has 0 unspecified atom stereocenters. The first-order valence-corrected chi connectivity index (χ1v) is 11.2. The van der Waals surface area contributed by atoms with E-state index in [1.54, 1.807) is 7.11 Å². The van der Waals surface area contributed by atoms with Gasteiger partial charge in [-0.05, 0) is 57.1 Å². The summed E-state index contributed by atoms with van der Waals surface area (Å²) in [5.74, 6) is 2.72. The molecular formula is C23H39IN4O2. The normalized spacial score (nSPS) is 16.3. The maximum Gasteiger partial charge on any atom is 0.191 e. The van der Waals surface area contributed by atoms with Crippen molar-refractivity contribution in [2.24, 2.45) is 10.9 Å². The fraction of sp³-hybridized carbons (Fsp3) is 0.696. The van der Waals surface area contributed by atoms with Gasteiger partial charge in [0.05, 0.1) is 13.2 Å². The number of aliphatic imine (C=N–C) groups is 1. The van der Waals surface area contributed by atoms with E-state index in [-0.39, 0.29) is 24.0 Å². The molecule has 0 radical (unpaired) electrons. The highest BCUT2D eigenvalue weighted by Crippen LogP contribution is 2.34. The van der Waals surface area contributed by atoms with Crippen molar-refractivity contribution < 1.29 is 9.47 Å². The van der Waals surface area contributed by atoms with Crippen LogP contribution in [0.1, 0.15) is 43.7 Å². The van der Waals surface area contributed by atoms with E-state index in [2.05, 4.69) is 47.6 Å². The minimum Gasteiger partial charge on any atom is -0.491 e. The van der Waals surface area contributed by atoms with Gasteiger partial charge in [0, 0.05) is 44.9 Å².